The lowest BCUT2D eigenvalue weighted by molar-refractivity contribution is -0.126. The molecule has 3 rings (SSSR count). The van der Waals surface area contributed by atoms with Gasteiger partial charge in [0.15, 0.2) is 17.3 Å². The number of benzene rings is 1. The van der Waals surface area contributed by atoms with Gasteiger partial charge in [-0.3, -0.25) is 4.79 Å². The summed E-state index contributed by atoms with van der Waals surface area (Å²) in [6.45, 7) is 3.56. The van der Waals surface area contributed by atoms with Gasteiger partial charge in [-0.2, -0.15) is 0 Å². The van der Waals surface area contributed by atoms with Gasteiger partial charge in [-0.1, -0.05) is 13.0 Å². The number of hydrogen-bond acceptors (Lipinski definition) is 6. The number of hydrogen-bond donors (Lipinski definition) is 0. The van der Waals surface area contributed by atoms with E-state index in [9.17, 15) is 9.59 Å². The van der Waals surface area contributed by atoms with Crippen LogP contribution in [0.1, 0.15) is 32.3 Å². The largest absolute Gasteiger partial charge is 0.493 e. The van der Waals surface area contributed by atoms with Gasteiger partial charge in [-0.25, -0.2) is 0 Å². The summed E-state index contributed by atoms with van der Waals surface area (Å²) in [7, 11) is 3.22. The molecule has 1 fully saturated rings. The minimum Gasteiger partial charge on any atom is -0.493 e. The summed E-state index contributed by atoms with van der Waals surface area (Å²) in [4.78, 5) is 23.5. The highest BCUT2D eigenvalue weighted by atomic mass is 16.7. The molecule has 0 saturated carbocycles. The third kappa shape index (κ3) is 4.33. The monoisotopic (exact) mass is 374 g/mol. The van der Waals surface area contributed by atoms with Crippen LogP contribution in [0, 0.1) is 11.8 Å². The second-order valence-corrected chi connectivity index (χ2v) is 7.27. The fraction of sp³-hybridized carbons (Fsp3) is 0.524. The average molecular weight is 374 g/mol. The van der Waals surface area contributed by atoms with E-state index in [4.69, 9.17) is 18.9 Å². The Bertz CT molecular complexity index is 753. The molecule has 0 aromatic heterocycles. The third-order valence-electron chi connectivity index (χ3n) is 5.06. The number of allylic oxidation sites excluding steroid dienone is 1. The van der Waals surface area contributed by atoms with E-state index < -0.39 is 6.29 Å². The SMILES string of the molecule is COc1ccc(CC(C)C2OC3=CC(=O)C(CC(C)=O)CC3O2)cc1OC. The van der Waals surface area contributed by atoms with Crippen LogP contribution in [0.15, 0.2) is 30.0 Å². The number of carbonyl (C=O) groups is 2. The molecular formula is C21H26O6. The first-order chi connectivity index (χ1) is 12.9. The Kier molecular flexibility index (Phi) is 5.85. The van der Waals surface area contributed by atoms with Gasteiger partial charge in [-0.15, -0.1) is 0 Å². The Balaban J connectivity index is 1.65. The van der Waals surface area contributed by atoms with Crippen LogP contribution in [0.25, 0.3) is 0 Å². The van der Waals surface area contributed by atoms with Crippen molar-refractivity contribution in [1.29, 1.82) is 0 Å². The number of methoxy groups -OCH3 is 2. The Labute approximate surface area is 159 Å². The summed E-state index contributed by atoms with van der Waals surface area (Å²) in [6, 6.07) is 5.82. The number of ether oxygens (including phenoxy) is 4. The molecule has 0 amide bonds. The molecule has 4 unspecified atom stereocenters. The highest BCUT2D eigenvalue weighted by Crippen LogP contribution is 2.37. The molecule has 1 saturated heterocycles. The topological polar surface area (TPSA) is 71.1 Å². The van der Waals surface area contributed by atoms with Crippen molar-refractivity contribution in [3.05, 3.63) is 35.6 Å². The molecule has 1 heterocycles. The highest BCUT2D eigenvalue weighted by molar-refractivity contribution is 5.96. The lowest BCUT2D eigenvalue weighted by Crippen LogP contribution is -2.28. The van der Waals surface area contributed by atoms with E-state index >= 15 is 0 Å². The van der Waals surface area contributed by atoms with Crippen molar-refractivity contribution in [2.45, 2.75) is 45.5 Å². The molecule has 4 atom stereocenters. The number of Topliss-reactive ketones (excluding diaryl/α,β-unsaturated/α-hetero) is 1. The predicted molar refractivity (Wildman–Crippen MR) is 98.7 cm³/mol. The molecule has 1 aromatic carbocycles. The van der Waals surface area contributed by atoms with Crippen molar-refractivity contribution in [2.75, 3.05) is 14.2 Å². The summed E-state index contributed by atoms with van der Waals surface area (Å²) in [5.41, 5.74) is 1.08. The Hall–Kier alpha value is -2.34. The smallest absolute Gasteiger partial charge is 0.203 e. The zero-order valence-electron chi connectivity index (χ0n) is 16.2. The lowest BCUT2D eigenvalue weighted by Gasteiger charge is -2.21. The maximum absolute atomic E-state index is 12.2. The maximum Gasteiger partial charge on any atom is 0.203 e. The fourth-order valence-electron chi connectivity index (χ4n) is 3.65. The van der Waals surface area contributed by atoms with E-state index in [1.54, 1.807) is 14.2 Å². The molecule has 6 nitrogen and oxygen atoms in total. The van der Waals surface area contributed by atoms with Crippen molar-refractivity contribution in [1.82, 2.24) is 0 Å². The predicted octanol–water partition coefficient (Wildman–Crippen LogP) is 3.08. The van der Waals surface area contributed by atoms with Gasteiger partial charge in [0.25, 0.3) is 0 Å². The molecule has 146 valence electrons. The molecule has 1 aliphatic heterocycles. The van der Waals surface area contributed by atoms with Crippen LogP contribution in [0.4, 0.5) is 0 Å². The van der Waals surface area contributed by atoms with Gasteiger partial charge in [0, 0.05) is 24.3 Å². The molecule has 6 heteroatoms. The molecule has 1 aliphatic carbocycles. The zero-order chi connectivity index (χ0) is 19.6. The van der Waals surface area contributed by atoms with Crippen molar-refractivity contribution in [2.24, 2.45) is 11.8 Å². The standard InChI is InChI=1S/C21H26O6/c1-12(7-14-5-6-17(24-3)18(9-14)25-4)21-26-19-10-15(8-13(2)22)16(23)11-20(19)27-21/h5-6,9,11-12,15,19,21H,7-8,10H2,1-4H3. The fourth-order valence-corrected chi connectivity index (χ4v) is 3.65. The van der Waals surface area contributed by atoms with E-state index in [0.29, 0.717) is 23.7 Å². The first-order valence-electron chi connectivity index (χ1n) is 9.19. The van der Waals surface area contributed by atoms with Crippen LogP contribution < -0.4 is 9.47 Å². The summed E-state index contributed by atoms with van der Waals surface area (Å²) in [5.74, 6) is 1.70. The lowest BCUT2D eigenvalue weighted by atomic mass is 9.86. The van der Waals surface area contributed by atoms with Gasteiger partial charge in [0.05, 0.1) is 14.2 Å². The maximum atomic E-state index is 12.2. The van der Waals surface area contributed by atoms with E-state index in [-0.39, 0.29) is 35.9 Å². The minimum atomic E-state index is -0.418. The number of carbonyl (C=O) groups excluding carboxylic acids is 2. The van der Waals surface area contributed by atoms with E-state index in [0.717, 1.165) is 12.0 Å². The summed E-state index contributed by atoms with van der Waals surface area (Å²) < 4.78 is 22.6. The van der Waals surface area contributed by atoms with Crippen molar-refractivity contribution < 1.29 is 28.5 Å². The minimum absolute atomic E-state index is 0.0162. The third-order valence-corrected chi connectivity index (χ3v) is 5.06. The van der Waals surface area contributed by atoms with Crippen LogP contribution in [-0.2, 0) is 25.5 Å². The Morgan fingerprint density at radius 3 is 2.67 bits per heavy atom. The second kappa shape index (κ2) is 8.13. The van der Waals surface area contributed by atoms with E-state index in [1.807, 2.05) is 25.1 Å². The molecule has 2 aliphatic rings. The van der Waals surface area contributed by atoms with Crippen LogP contribution in [-0.4, -0.2) is 38.2 Å². The average Bonchev–Trinajstić information content (AvgIpc) is 3.04. The second-order valence-electron chi connectivity index (χ2n) is 7.27. The molecule has 27 heavy (non-hydrogen) atoms. The van der Waals surface area contributed by atoms with Crippen molar-refractivity contribution in [3.63, 3.8) is 0 Å². The zero-order valence-corrected chi connectivity index (χ0v) is 16.2. The summed E-state index contributed by atoms with van der Waals surface area (Å²) in [6.07, 6.45) is 2.34. The number of ketones is 2. The number of rotatable bonds is 7. The van der Waals surface area contributed by atoms with Gasteiger partial charge in [0.2, 0.25) is 6.29 Å². The molecule has 1 aromatic rings. The molecule has 0 spiro atoms. The molecule has 0 N–H and O–H groups in total. The quantitative estimate of drug-likeness (QED) is 0.730. The van der Waals surface area contributed by atoms with Gasteiger partial charge < -0.3 is 23.7 Å². The van der Waals surface area contributed by atoms with Crippen molar-refractivity contribution >= 4 is 11.6 Å². The number of fused-ring (bicyclic) bond motifs is 1. The van der Waals surface area contributed by atoms with Gasteiger partial charge in [-0.05, 0) is 37.5 Å². The van der Waals surface area contributed by atoms with Gasteiger partial charge in [0.1, 0.15) is 17.6 Å². The normalized spacial score (nSPS) is 25.3. The Morgan fingerprint density at radius 2 is 2.00 bits per heavy atom. The first-order valence-corrected chi connectivity index (χ1v) is 9.19. The van der Waals surface area contributed by atoms with E-state index in [2.05, 4.69) is 0 Å². The van der Waals surface area contributed by atoms with Crippen molar-refractivity contribution in [3.8, 4) is 11.5 Å². The molecular weight excluding hydrogens is 348 g/mol. The molecule has 0 radical (unpaired) electrons. The van der Waals surface area contributed by atoms with E-state index in [1.165, 1.54) is 13.0 Å². The Morgan fingerprint density at radius 1 is 1.26 bits per heavy atom. The van der Waals surface area contributed by atoms with Crippen LogP contribution >= 0.6 is 0 Å². The molecule has 0 bridgehead atoms. The van der Waals surface area contributed by atoms with Gasteiger partial charge >= 0.3 is 0 Å². The van der Waals surface area contributed by atoms with Crippen LogP contribution in [0.2, 0.25) is 0 Å². The summed E-state index contributed by atoms with van der Waals surface area (Å²) >= 11 is 0. The van der Waals surface area contributed by atoms with Crippen LogP contribution in [0.5, 0.6) is 11.5 Å². The summed E-state index contributed by atoms with van der Waals surface area (Å²) in [5, 5.41) is 0. The first kappa shape index (κ1) is 19.4. The highest BCUT2D eigenvalue weighted by Gasteiger charge is 2.41. The van der Waals surface area contributed by atoms with Crippen LogP contribution in [0.3, 0.4) is 0 Å².